The molecule has 0 spiro atoms. The molecule has 2 aromatic rings. The van der Waals surface area contributed by atoms with E-state index < -0.39 is 0 Å². The molecule has 0 aliphatic carbocycles. The number of rotatable bonds is 5. The van der Waals surface area contributed by atoms with Crippen molar-refractivity contribution in [1.29, 1.82) is 0 Å². The Morgan fingerprint density at radius 3 is 2.63 bits per heavy atom. The van der Waals surface area contributed by atoms with Crippen LogP contribution >= 0.6 is 11.6 Å². The van der Waals surface area contributed by atoms with Crippen LogP contribution in [0.3, 0.4) is 0 Å². The molecule has 0 radical (unpaired) electrons. The SMILES string of the molecule is CCCn1ncc(Cl)c1C(NC)c1cnn(C)c1C. The molecule has 0 aliphatic heterocycles. The molecule has 0 aliphatic rings. The van der Waals surface area contributed by atoms with Gasteiger partial charge in [0.15, 0.2) is 0 Å². The van der Waals surface area contributed by atoms with Crippen molar-refractivity contribution in [3.63, 3.8) is 0 Å². The van der Waals surface area contributed by atoms with Gasteiger partial charge < -0.3 is 5.32 Å². The monoisotopic (exact) mass is 281 g/mol. The highest BCUT2D eigenvalue weighted by Crippen LogP contribution is 2.29. The molecular weight excluding hydrogens is 262 g/mol. The summed E-state index contributed by atoms with van der Waals surface area (Å²) in [6, 6.07) is 0.00949. The summed E-state index contributed by atoms with van der Waals surface area (Å²) in [5.41, 5.74) is 3.26. The zero-order chi connectivity index (χ0) is 14.0. The Hall–Kier alpha value is -1.33. The maximum atomic E-state index is 6.31. The number of hydrogen-bond donors (Lipinski definition) is 1. The van der Waals surface area contributed by atoms with Gasteiger partial charge in [0.05, 0.1) is 29.2 Å². The third-order valence-corrected chi connectivity index (χ3v) is 3.71. The van der Waals surface area contributed by atoms with E-state index >= 15 is 0 Å². The molecular formula is C13H20ClN5. The van der Waals surface area contributed by atoms with E-state index in [9.17, 15) is 0 Å². The lowest BCUT2D eigenvalue weighted by molar-refractivity contribution is 0.533. The minimum atomic E-state index is 0.00949. The molecule has 0 amide bonds. The highest BCUT2D eigenvalue weighted by molar-refractivity contribution is 6.31. The van der Waals surface area contributed by atoms with Crippen molar-refractivity contribution in [2.75, 3.05) is 7.05 Å². The van der Waals surface area contributed by atoms with E-state index in [0.717, 1.165) is 29.9 Å². The molecule has 0 bridgehead atoms. The van der Waals surface area contributed by atoms with Gasteiger partial charge in [0.25, 0.3) is 0 Å². The molecule has 1 N–H and O–H groups in total. The van der Waals surface area contributed by atoms with Crippen LogP contribution in [0.1, 0.15) is 36.3 Å². The van der Waals surface area contributed by atoms with Crippen molar-refractivity contribution in [3.05, 3.63) is 34.4 Å². The highest BCUT2D eigenvalue weighted by Gasteiger charge is 2.23. The minimum Gasteiger partial charge on any atom is -0.308 e. The largest absolute Gasteiger partial charge is 0.308 e. The van der Waals surface area contributed by atoms with Crippen LogP contribution in [0.2, 0.25) is 5.02 Å². The van der Waals surface area contributed by atoms with E-state index in [2.05, 4.69) is 29.4 Å². The summed E-state index contributed by atoms with van der Waals surface area (Å²) in [4.78, 5) is 0. The second-order valence-corrected chi connectivity index (χ2v) is 5.04. The number of nitrogens with zero attached hydrogens (tertiary/aromatic N) is 4. The Bertz CT molecular complexity index is 557. The summed E-state index contributed by atoms with van der Waals surface area (Å²) >= 11 is 6.31. The van der Waals surface area contributed by atoms with Crippen molar-refractivity contribution in [2.24, 2.45) is 7.05 Å². The normalized spacial score (nSPS) is 12.9. The van der Waals surface area contributed by atoms with Gasteiger partial charge in [-0.25, -0.2) is 0 Å². The van der Waals surface area contributed by atoms with Crippen molar-refractivity contribution in [2.45, 2.75) is 32.9 Å². The third kappa shape index (κ3) is 2.53. The van der Waals surface area contributed by atoms with Gasteiger partial charge in [-0.2, -0.15) is 10.2 Å². The van der Waals surface area contributed by atoms with Gasteiger partial charge in [0.2, 0.25) is 0 Å². The van der Waals surface area contributed by atoms with E-state index in [4.69, 9.17) is 11.6 Å². The van der Waals surface area contributed by atoms with E-state index in [1.165, 1.54) is 0 Å². The predicted molar refractivity (Wildman–Crippen MR) is 76.4 cm³/mol. The number of aryl methyl sites for hydroxylation is 2. The zero-order valence-corrected chi connectivity index (χ0v) is 12.6. The quantitative estimate of drug-likeness (QED) is 0.915. The first kappa shape index (κ1) is 14.1. The second-order valence-electron chi connectivity index (χ2n) is 4.63. The molecule has 0 saturated heterocycles. The molecule has 0 fully saturated rings. The Labute approximate surface area is 118 Å². The fraction of sp³-hybridized carbons (Fsp3) is 0.538. The maximum absolute atomic E-state index is 6.31. The Morgan fingerprint density at radius 2 is 2.11 bits per heavy atom. The van der Waals surface area contributed by atoms with Gasteiger partial charge in [-0.15, -0.1) is 0 Å². The summed E-state index contributed by atoms with van der Waals surface area (Å²) < 4.78 is 3.84. The summed E-state index contributed by atoms with van der Waals surface area (Å²) in [6.45, 7) is 5.05. The molecule has 19 heavy (non-hydrogen) atoms. The minimum absolute atomic E-state index is 0.00949. The standard InChI is InChI=1S/C13H20ClN5/c1-5-6-19-13(11(14)8-17-19)12(15-3)10-7-16-18(4)9(10)2/h7-8,12,15H,5-6H2,1-4H3. The topological polar surface area (TPSA) is 47.7 Å². The smallest absolute Gasteiger partial charge is 0.0837 e. The summed E-state index contributed by atoms with van der Waals surface area (Å²) in [5.74, 6) is 0. The molecule has 2 aromatic heterocycles. The van der Waals surface area contributed by atoms with Gasteiger partial charge >= 0.3 is 0 Å². The van der Waals surface area contributed by atoms with Crippen LogP contribution in [-0.4, -0.2) is 26.6 Å². The first-order valence-electron chi connectivity index (χ1n) is 6.47. The molecule has 0 aromatic carbocycles. The molecule has 5 nitrogen and oxygen atoms in total. The van der Waals surface area contributed by atoms with Gasteiger partial charge in [-0.05, 0) is 20.4 Å². The van der Waals surface area contributed by atoms with Crippen molar-refractivity contribution in [3.8, 4) is 0 Å². The van der Waals surface area contributed by atoms with Crippen molar-refractivity contribution < 1.29 is 0 Å². The summed E-state index contributed by atoms with van der Waals surface area (Å²) in [7, 11) is 3.87. The van der Waals surface area contributed by atoms with Gasteiger partial charge in [-0.1, -0.05) is 18.5 Å². The summed E-state index contributed by atoms with van der Waals surface area (Å²) in [6.07, 6.45) is 4.62. The fourth-order valence-electron chi connectivity index (χ4n) is 2.29. The van der Waals surface area contributed by atoms with Crippen LogP contribution in [0.25, 0.3) is 0 Å². The number of nitrogens with one attached hydrogen (secondary N) is 1. The molecule has 6 heteroatoms. The van der Waals surface area contributed by atoms with Crippen LogP contribution < -0.4 is 5.32 Å². The average molecular weight is 282 g/mol. The van der Waals surface area contributed by atoms with Crippen LogP contribution in [0.4, 0.5) is 0 Å². The van der Waals surface area contributed by atoms with Gasteiger partial charge in [-0.3, -0.25) is 9.36 Å². The lowest BCUT2D eigenvalue weighted by atomic mass is 10.0. The number of hydrogen-bond acceptors (Lipinski definition) is 3. The molecule has 0 saturated carbocycles. The van der Waals surface area contributed by atoms with Crippen LogP contribution in [0.15, 0.2) is 12.4 Å². The number of aromatic nitrogens is 4. The van der Waals surface area contributed by atoms with Crippen LogP contribution in [0.5, 0.6) is 0 Å². The predicted octanol–water partition coefficient (Wildman–Crippen LogP) is 2.30. The molecule has 1 atom stereocenters. The molecule has 2 heterocycles. The van der Waals surface area contributed by atoms with Crippen molar-refractivity contribution in [1.82, 2.24) is 24.9 Å². The average Bonchev–Trinajstić information content (AvgIpc) is 2.90. The maximum Gasteiger partial charge on any atom is 0.0837 e. The van der Waals surface area contributed by atoms with Crippen LogP contribution in [0, 0.1) is 6.92 Å². The van der Waals surface area contributed by atoms with Crippen molar-refractivity contribution >= 4 is 11.6 Å². The third-order valence-electron chi connectivity index (χ3n) is 3.41. The lowest BCUT2D eigenvalue weighted by Gasteiger charge is -2.18. The molecule has 2 rings (SSSR count). The summed E-state index contributed by atoms with van der Waals surface area (Å²) in [5, 5.41) is 12.7. The highest BCUT2D eigenvalue weighted by atomic mass is 35.5. The fourth-order valence-corrected chi connectivity index (χ4v) is 2.54. The first-order chi connectivity index (χ1) is 9.10. The Kier molecular flexibility index (Phi) is 4.27. The van der Waals surface area contributed by atoms with E-state index in [1.807, 2.05) is 29.7 Å². The Balaban J connectivity index is 2.48. The van der Waals surface area contributed by atoms with E-state index in [1.54, 1.807) is 6.20 Å². The second kappa shape index (κ2) is 5.75. The molecule has 104 valence electrons. The zero-order valence-electron chi connectivity index (χ0n) is 11.8. The van der Waals surface area contributed by atoms with Gasteiger partial charge in [0.1, 0.15) is 0 Å². The van der Waals surface area contributed by atoms with E-state index in [0.29, 0.717) is 5.02 Å². The van der Waals surface area contributed by atoms with Crippen LogP contribution in [-0.2, 0) is 13.6 Å². The van der Waals surface area contributed by atoms with E-state index in [-0.39, 0.29) is 6.04 Å². The Morgan fingerprint density at radius 1 is 1.37 bits per heavy atom. The lowest BCUT2D eigenvalue weighted by Crippen LogP contribution is -2.22. The number of halogens is 1. The van der Waals surface area contributed by atoms with Gasteiger partial charge in [0, 0.05) is 24.8 Å². The molecule has 1 unspecified atom stereocenters. The first-order valence-corrected chi connectivity index (χ1v) is 6.84.